The number of nitrogens with zero attached hydrogens (tertiary/aromatic N) is 3. The predicted molar refractivity (Wildman–Crippen MR) is 81.0 cm³/mol. The van der Waals surface area contributed by atoms with E-state index >= 15 is 0 Å². The summed E-state index contributed by atoms with van der Waals surface area (Å²) >= 11 is 0. The van der Waals surface area contributed by atoms with Crippen LogP contribution in [0.3, 0.4) is 0 Å². The summed E-state index contributed by atoms with van der Waals surface area (Å²) < 4.78 is 0. The van der Waals surface area contributed by atoms with E-state index in [1.165, 1.54) is 0 Å². The molecule has 1 aliphatic heterocycles. The van der Waals surface area contributed by atoms with E-state index in [0.717, 1.165) is 25.0 Å². The van der Waals surface area contributed by atoms with Crippen LogP contribution in [0.15, 0.2) is 18.2 Å². The average Bonchev–Trinajstić information content (AvgIpc) is 2.48. The fourth-order valence-corrected chi connectivity index (χ4v) is 2.64. The zero-order valence-electron chi connectivity index (χ0n) is 13.0. The summed E-state index contributed by atoms with van der Waals surface area (Å²) in [5, 5.41) is 0. The molecule has 0 aliphatic carbocycles. The number of amides is 2. The highest BCUT2D eigenvalue weighted by atomic mass is 16.2. The number of aromatic nitrogens is 1. The van der Waals surface area contributed by atoms with Crippen molar-refractivity contribution in [2.75, 3.05) is 20.1 Å². The Kier molecular flexibility index (Phi) is 4.94. The van der Waals surface area contributed by atoms with E-state index in [4.69, 9.17) is 0 Å². The Bertz CT molecular complexity index is 530. The average molecular weight is 289 g/mol. The monoisotopic (exact) mass is 289 g/mol. The molecular formula is C16H23N3O2. The Morgan fingerprint density at radius 3 is 2.81 bits per heavy atom. The Morgan fingerprint density at radius 2 is 2.14 bits per heavy atom. The van der Waals surface area contributed by atoms with Gasteiger partial charge in [-0.15, -0.1) is 0 Å². The molecule has 0 bridgehead atoms. The first-order valence-electron chi connectivity index (χ1n) is 7.54. The number of unbranched alkanes of at least 4 members (excludes halogenated alkanes) is 1. The number of carbonyl (C=O) groups is 2. The number of piperazine rings is 1. The molecule has 0 saturated carbocycles. The van der Waals surface area contributed by atoms with Crippen LogP contribution in [0, 0.1) is 6.92 Å². The van der Waals surface area contributed by atoms with Crippen LogP contribution in [0.1, 0.15) is 42.4 Å². The van der Waals surface area contributed by atoms with Gasteiger partial charge in [0.05, 0.1) is 0 Å². The molecule has 0 radical (unpaired) electrons. The van der Waals surface area contributed by atoms with Crippen molar-refractivity contribution >= 4 is 11.8 Å². The fourth-order valence-electron chi connectivity index (χ4n) is 2.64. The SMILES string of the molecule is CCCC[C@H]1C(=O)N(C)CCN1C(=O)c1cccc(C)n1. The molecular weight excluding hydrogens is 266 g/mol. The van der Waals surface area contributed by atoms with Gasteiger partial charge in [-0.1, -0.05) is 25.8 Å². The van der Waals surface area contributed by atoms with Gasteiger partial charge in [-0.25, -0.2) is 4.98 Å². The van der Waals surface area contributed by atoms with Crippen molar-refractivity contribution in [3.05, 3.63) is 29.6 Å². The van der Waals surface area contributed by atoms with Crippen molar-refractivity contribution in [2.45, 2.75) is 39.2 Å². The normalized spacial score (nSPS) is 19.0. The second-order valence-electron chi connectivity index (χ2n) is 5.58. The van der Waals surface area contributed by atoms with E-state index in [1.807, 2.05) is 19.1 Å². The van der Waals surface area contributed by atoms with E-state index in [0.29, 0.717) is 18.8 Å². The van der Waals surface area contributed by atoms with Gasteiger partial charge in [0.2, 0.25) is 5.91 Å². The van der Waals surface area contributed by atoms with Crippen molar-refractivity contribution in [3.63, 3.8) is 0 Å². The first-order valence-corrected chi connectivity index (χ1v) is 7.54. The van der Waals surface area contributed by atoms with Gasteiger partial charge in [0.1, 0.15) is 11.7 Å². The third-order valence-corrected chi connectivity index (χ3v) is 3.91. The molecule has 1 aromatic rings. The summed E-state index contributed by atoms with van der Waals surface area (Å²) in [4.78, 5) is 32.7. The fraction of sp³-hybridized carbons (Fsp3) is 0.562. The summed E-state index contributed by atoms with van der Waals surface area (Å²) in [5.74, 6) is -0.100. The van der Waals surface area contributed by atoms with Crippen LogP contribution in [0.2, 0.25) is 0 Å². The maximum atomic E-state index is 12.7. The standard InChI is InChI=1S/C16H23N3O2/c1-4-5-9-14-16(21)18(3)10-11-19(14)15(20)13-8-6-7-12(2)17-13/h6-8,14H,4-5,9-11H2,1-3H3/t14-/m0/s1. The van der Waals surface area contributed by atoms with Gasteiger partial charge in [0.25, 0.3) is 5.91 Å². The zero-order chi connectivity index (χ0) is 15.4. The minimum Gasteiger partial charge on any atom is -0.342 e. The highest BCUT2D eigenvalue weighted by molar-refractivity contribution is 5.96. The van der Waals surface area contributed by atoms with Crippen LogP contribution in [-0.2, 0) is 4.79 Å². The molecule has 1 fully saturated rings. The number of carbonyl (C=O) groups excluding carboxylic acids is 2. The molecule has 0 N–H and O–H groups in total. The second-order valence-corrected chi connectivity index (χ2v) is 5.58. The van der Waals surface area contributed by atoms with Crippen LogP contribution in [0.25, 0.3) is 0 Å². The molecule has 5 heteroatoms. The summed E-state index contributed by atoms with van der Waals surface area (Å²) in [6, 6.07) is 5.06. The van der Waals surface area contributed by atoms with Gasteiger partial charge in [0, 0.05) is 25.8 Å². The lowest BCUT2D eigenvalue weighted by atomic mass is 10.0. The first-order chi connectivity index (χ1) is 10.0. The van der Waals surface area contributed by atoms with Crippen molar-refractivity contribution in [3.8, 4) is 0 Å². The van der Waals surface area contributed by atoms with Crippen molar-refractivity contribution < 1.29 is 9.59 Å². The molecule has 1 aliphatic rings. The largest absolute Gasteiger partial charge is 0.342 e. The molecule has 2 amide bonds. The van der Waals surface area contributed by atoms with Crippen LogP contribution >= 0.6 is 0 Å². The number of likely N-dealkylation sites (N-methyl/N-ethyl adjacent to an activating group) is 1. The minimum atomic E-state index is -0.349. The smallest absolute Gasteiger partial charge is 0.273 e. The maximum Gasteiger partial charge on any atom is 0.273 e. The lowest BCUT2D eigenvalue weighted by molar-refractivity contribution is -0.138. The molecule has 114 valence electrons. The number of rotatable bonds is 4. The van der Waals surface area contributed by atoms with Crippen molar-refractivity contribution in [2.24, 2.45) is 0 Å². The lowest BCUT2D eigenvalue weighted by Gasteiger charge is -2.39. The maximum absolute atomic E-state index is 12.7. The molecule has 0 aromatic carbocycles. The molecule has 21 heavy (non-hydrogen) atoms. The lowest BCUT2D eigenvalue weighted by Crippen LogP contribution is -2.57. The summed E-state index contributed by atoms with van der Waals surface area (Å²) in [5.41, 5.74) is 1.24. The van der Waals surface area contributed by atoms with Gasteiger partial charge in [-0.05, 0) is 25.5 Å². The van der Waals surface area contributed by atoms with Crippen LogP contribution < -0.4 is 0 Å². The van der Waals surface area contributed by atoms with Crippen molar-refractivity contribution in [1.29, 1.82) is 0 Å². The summed E-state index contributed by atoms with van der Waals surface area (Å²) in [6.07, 6.45) is 2.67. The van der Waals surface area contributed by atoms with E-state index < -0.39 is 0 Å². The quantitative estimate of drug-likeness (QED) is 0.850. The second kappa shape index (κ2) is 6.70. The van der Waals surface area contributed by atoms with Crippen LogP contribution in [0.4, 0.5) is 0 Å². The van der Waals surface area contributed by atoms with Gasteiger partial charge in [-0.3, -0.25) is 9.59 Å². The number of pyridine rings is 1. The zero-order valence-corrected chi connectivity index (χ0v) is 13.0. The summed E-state index contributed by atoms with van der Waals surface area (Å²) in [7, 11) is 1.80. The molecule has 0 unspecified atom stereocenters. The third kappa shape index (κ3) is 3.40. The van der Waals surface area contributed by atoms with Crippen molar-refractivity contribution in [1.82, 2.24) is 14.8 Å². The molecule has 2 heterocycles. The van der Waals surface area contributed by atoms with Crippen LogP contribution in [0.5, 0.6) is 0 Å². The molecule has 1 aromatic heterocycles. The van der Waals surface area contributed by atoms with Gasteiger partial charge in [0.15, 0.2) is 0 Å². The molecule has 5 nitrogen and oxygen atoms in total. The number of aryl methyl sites for hydroxylation is 1. The number of hydrogen-bond acceptors (Lipinski definition) is 3. The van der Waals surface area contributed by atoms with E-state index in [2.05, 4.69) is 11.9 Å². The molecule has 1 saturated heterocycles. The highest BCUT2D eigenvalue weighted by Crippen LogP contribution is 2.18. The number of hydrogen-bond donors (Lipinski definition) is 0. The predicted octanol–water partition coefficient (Wildman–Crippen LogP) is 1.86. The van der Waals surface area contributed by atoms with E-state index in [9.17, 15) is 9.59 Å². The molecule has 2 rings (SSSR count). The minimum absolute atomic E-state index is 0.0377. The van der Waals surface area contributed by atoms with E-state index in [1.54, 1.807) is 22.9 Å². The van der Waals surface area contributed by atoms with Gasteiger partial charge in [-0.2, -0.15) is 0 Å². The Labute approximate surface area is 126 Å². The summed E-state index contributed by atoms with van der Waals surface area (Å²) in [6.45, 7) is 5.11. The van der Waals surface area contributed by atoms with Crippen LogP contribution in [-0.4, -0.2) is 52.8 Å². The Morgan fingerprint density at radius 1 is 1.38 bits per heavy atom. The Hall–Kier alpha value is -1.91. The topological polar surface area (TPSA) is 53.5 Å². The van der Waals surface area contributed by atoms with Gasteiger partial charge >= 0.3 is 0 Å². The highest BCUT2D eigenvalue weighted by Gasteiger charge is 2.36. The van der Waals surface area contributed by atoms with Gasteiger partial charge < -0.3 is 9.80 Å². The first kappa shape index (κ1) is 15.5. The molecule has 1 atom stereocenters. The third-order valence-electron chi connectivity index (χ3n) is 3.91. The Balaban J connectivity index is 2.22. The van der Waals surface area contributed by atoms with E-state index in [-0.39, 0.29) is 17.9 Å². The molecule has 0 spiro atoms.